The molecule has 1 amide bonds. The summed E-state index contributed by atoms with van der Waals surface area (Å²) in [7, 11) is 0. The van der Waals surface area contributed by atoms with Crippen molar-refractivity contribution in [3.63, 3.8) is 0 Å². The average Bonchev–Trinajstić information content (AvgIpc) is 2.29. The van der Waals surface area contributed by atoms with Crippen LogP contribution in [0, 0.1) is 10.1 Å². The summed E-state index contributed by atoms with van der Waals surface area (Å²) in [6.45, 7) is 0.221. The Bertz CT molecular complexity index is 474. The van der Waals surface area contributed by atoms with Crippen molar-refractivity contribution in [2.24, 2.45) is 0 Å². The van der Waals surface area contributed by atoms with Gasteiger partial charge in [-0.15, -0.1) is 0 Å². The lowest BCUT2D eigenvalue weighted by Crippen LogP contribution is -2.35. The number of benzene rings is 1. The summed E-state index contributed by atoms with van der Waals surface area (Å²) in [6, 6.07) is 3.25. The van der Waals surface area contributed by atoms with Crippen LogP contribution in [0.25, 0.3) is 0 Å². The van der Waals surface area contributed by atoms with Gasteiger partial charge in [0, 0.05) is 24.1 Å². The second kappa shape index (κ2) is 4.28. The minimum Gasteiger partial charge on any atom is -0.508 e. The monoisotopic (exact) mass is 238 g/mol. The van der Waals surface area contributed by atoms with Crippen LogP contribution in [0.5, 0.6) is 5.75 Å². The quantitative estimate of drug-likeness (QED) is 0.600. The van der Waals surface area contributed by atoms with E-state index in [-0.39, 0.29) is 18.0 Å². The minimum atomic E-state index is -0.591. The maximum atomic E-state index is 11.0. The van der Waals surface area contributed by atoms with E-state index in [9.17, 15) is 20.0 Å². The molecule has 1 fully saturated rings. The highest BCUT2D eigenvalue weighted by molar-refractivity contribution is 5.69. The van der Waals surface area contributed by atoms with Crippen molar-refractivity contribution in [1.82, 2.24) is 5.32 Å². The van der Waals surface area contributed by atoms with Crippen LogP contribution in [0.1, 0.15) is 18.0 Å². The van der Waals surface area contributed by atoms with Crippen LogP contribution in [0.3, 0.4) is 0 Å². The molecule has 7 nitrogen and oxygen atoms in total. The fourth-order valence-electron chi connectivity index (χ4n) is 1.69. The van der Waals surface area contributed by atoms with E-state index in [2.05, 4.69) is 10.1 Å². The Morgan fingerprint density at radius 2 is 2.29 bits per heavy atom. The van der Waals surface area contributed by atoms with Crippen LogP contribution in [0.2, 0.25) is 0 Å². The largest absolute Gasteiger partial charge is 0.508 e. The molecule has 0 aliphatic carbocycles. The molecule has 17 heavy (non-hydrogen) atoms. The molecule has 0 bridgehead atoms. The molecule has 1 saturated heterocycles. The third-order valence-electron chi connectivity index (χ3n) is 2.53. The second-order valence-electron chi connectivity index (χ2n) is 3.62. The Balaban J connectivity index is 2.33. The zero-order valence-electron chi connectivity index (χ0n) is 8.75. The average molecular weight is 238 g/mol. The fraction of sp³-hybridized carbons (Fsp3) is 0.300. The highest BCUT2D eigenvalue weighted by Gasteiger charge is 2.24. The number of nitro benzene ring substituents is 1. The van der Waals surface area contributed by atoms with E-state index in [1.54, 1.807) is 0 Å². The number of nitrogens with zero attached hydrogens (tertiary/aromatic N) is 1. The first-order valence-corrected chi connectivity index (χ1v) is 4.98. The van der Waals surface area contributed by atoms with Gasteiger partial charge in [-0.3, -0.25) is 10.1 Å². The fourth-order valence-corrected chi connectivity index (χ4v) is 1.69. The van der Waals surface area contributed by atoms with E-state index in [4.69, 9.17) is 0 Å². The number of hydrogen-bond donors (Lipinski definition) is 2. The van der Waals surface area contributed by atoms with E-state index in [1.807, 2.05) is 0 Å². The highest BCUT2D eigenvalue weighted by Crippen LogP contribution is 2.31. The number of ether oxygens (including phenoxy) is 1. The Morgan fingerprint density at radius 3 is 2.94 bits per heavy atom. The van der Waals surface area contributed by atoms with Crippen molar-refractivity contribution in [3.05, 3.63) is 33.9 Å². The molecule has 0 aromatic heterocycles. The standard InChI is InChI=1S/C10H10N2O5/c13-9-2-1-6(12(15)16)5-7(9)8-3-4-17-10(14)11-8/h1-2,5,8,13H,3-4H2,(H,11,14)/t8-/m1/s1. The van der Waals surface area contributed by atoms with Gasteiger partial charge in [-0.2, -0.15) is 0 Å². The Kier molecular flexibility index (Phi) is 2.82. The van der Waals surface area contributed by atoms with Gasteiger partial charge in [-0.1, -0.05) is 0 Å². The second-order valence-corrected chi connectivity index (χ2v) is 3.62. The van der Waals surface area contributed by atoms with E-state index in [0.717, 1.165) is 0 Å². The lowest BCUT2D eigenvalue weighted by atomic mass is 10.0. The number of alkyl carbamates (subject to hydrolysis) is 1. The molecule has 2 N–H and O–H groups in total. The molecule has 1 aromatic carbocycles. The van der Waals surface area contributed by atoms with Gasteiger partial charge in [0.25, 0.3) is 5.69 Å². The Hall–Kier alpha value is -2.31. The number of carbonyl (C=O) groups excluding carboxylic acids is 1. The van der Waals surface area contributed by atoms with E-state index in [0.29, 0.717) is 12.0 Å². The summed E-state index contributed by atoms with van der Waals surface area (Å²) in [6.07, 6.45) is -0.132. The molecule has 0 unspecified atom stereocenters. The summed E-state index contributed by atoms with van der Waals surface area (Å²) in [5, 5.41) is 22.8. The zero-order valence-corrected chi connectivity index (χ0v) is 8.75. The van der Waals surface area contributed by atoms with Crippen LogP contribution in [0.4, 0.5) is 10.5 Å². The van der Waals surface area contributed by atoms with Gasteiger partial charge in [-0.25, -0.2) is 4.79 Å². The number of rotatable bonds is 2. The number of phenols is 1. The van der Waals surface area contributed by atoms with Crippen molar-refractivity contribution in [2.75, 3.05) is 6.61 Å². The predicted octanol–water partition coefficient (Wildman–Crippen LogP) is 1.47. The third-order valence-corrected chi connectivity index (χ3v) is 2.53. The number of amides is 1. The first-order chi connectivity index (χ1) is 8.08. The van der Waals surface area contributed by atoms with Crippen LogP contribution < -0.4 is 5.32 Å². The predicted molar refractivity (Wildman–Crippen MR) is 56.6 cm³/mol. The number of aromatic hydroxyl groups is 1. The van der Waals surface area contributed by atoms with Crippen LogP contribution in [0.15, 0.2) is 18.2 Å². The van der Waals surface area contributed by atoms with Crippen molar-refractivity contribution in [3.8, 4) is 5.75 Å². The molecular weight excluding hydrogens is 228 g/mol. The molecule has 1 heterocycles. The third kappa shape index (κ3) is 2.27. The number of phenolic OH excluding ortho intramolecular Hbond substituents is 1. The topological polar surface area (TPSA) is 102 Å². The minimum absolute atomic E-state index is 0.0807. The summed E-state index contributed by atoms with van der Waals surface area (Å²) < 4.78 is 4.68. The number of cyclic esters (lactones) is 1. The summed E-state index contributed by atoms with van der Waals surface area (Å²) in [5.74, 6) is -0.0807. The smallest absolute Gasteiger partial charge is 0.407 e. The summed E-state index contributed by atoms with van der Waals surface area (Å²) in [5.41, 5.74) is 0.203. The molecule has 0 saturated carbocycles. The maximum absolute atomic E-state index is 11.0. The van der Waals surface area contributed by atoms with Gasteiger partial charge >= 0.3 is 6.09 Å². The summed E-state index contributed by atoms with van der Waals surface area (Å²) >= 11 is 0. The lowest BCUT2D eigenvalue weighted by molar-refractivity contribution is -0.385. The molecule has 2 rings (SSSR count). The number of non-ortho nitro benzene ring substituents is 1. The molecule has 0 spiro atoms. The Morgan fingerprint density at radius 1 is 1.53 bits per heavy atom. The number of hydrogen-bond acceptors (Lipinski definition) is 5. The molecule has 1 atom stereocenters. The van der Waals surface area contributed by atoms with E-state index < -0.39 is 17.1 Å². The van der Waals surface area contributed by atoms with Crippen molar-refractivity contribution in [2.45, 2.75) is 12.5 Å². The number of nitro groups is 1. The normalized spacial score (nSPS) is 19.3. The SMILES string of the molecule is O=C1N[C@@H](c2cc([N+](=O)[O-])ccc2O)CCO1. The van der Waals surface area contributed by atoms with Crippen molar-refractivity contribution < 1.29 is 19.6 Å². The zero-order chi connectivity index (χ0) is 12.4. The van der Waals surface area contributed by atoms with Crippen molar-refractivity contribution >= 4 is 11.8 Å². The van der Waals surface area contributed by atoms with E-state index in [1.165, 1.54) is 18.2 Å². The van der Waals surface area contributed by atoms with Gasteiger partial charge in [0.05, 0.1) is 17.6 Å². The van der Waals surface area contributed by atoms with Gasteiger partial charge in [0.2, 0.25) is 0 Å². The molecule has 0 radical (unpaired) electrons. The van der Waals surface area contributed by atoms with Crippen LogP contribution in [-0.2, 0) is 4.74 Å². The van der Waals surface area contributed by atoms with Crippen molar-refractivity contribution in [1.29, 1.82) is 0 Å². The molecule has 1 aliphatic heterocycles. The van der Waals surface area contributed by atoms with E-state index >= 15 is 0 Å². The first kappa shape index (κ1) is 11.2. The van der Waals surface area contributed by atoms with Gasteiger partial charge in [-0.05, 0) is 6.07 Å². The van der Waals surface area contributed by atoms with Gasteiger partial charge in [0.1, 0.15) is 5.75 Å². The first-order valence-electron chi connectivity index (χ1n) is 4.98. The van der Waals surface area contributed by atoms with Gasteiger partial charge in [0.15, 0.2) is 0 Å². The van der Waals surface area contributed by atoms with Crippen LogP contribution in [-0.4, -0.2) is 22.7 Å². The number of nitrogens with one attached hydrogen (secondary N) is 1. The highest BCUT2D eigenvalue weighted by atomic mass is 16.6. The molecule has 90 valence electrons. The lowest BCUT2D eigenvalue weighted by Gasteiger charge is -2.24. The number of carbonyl (C=O) groups is 1. The maximum Gasteiger partial charge on any atom is 0.407 e. The molecule has 7 heteroatoms. The van der Waals surface area contributed by atoms with Crippen LogP contribution >= 0.6 is 0 Å². The molecular formula is C10H10N2O5. The molecule has 1 aliphatic rings. The molecule has 1 aromatic rings. The van der Waals surface area contributed by atoms with Gasteiger partial charge < -0.3 is 15.2 Å². The summed E-state index contributed by atoms with van der Waals surface area (Å²) in [4.78, 5) is 21.1. The Labute approximate surface area is 96.2 Å².